The Balaban J connectivity index is 3.95. The van der Waals surface area contributed by atoms with Crippen molar-refractivity contribution in [3.05, 3.63) is 109 Å². The number of allylic oxidation sites excluding steroid dienone is 18. The summed E-state index contributed by atoms with van der Waals surface area (Å²) in [6, 6.07) is 0. The molecule has 0 saturated heterocycles. The molecule has 0 aliphatic rings. The van der Waals surface area contributed by atoms with Gasteiger partial charge in [-0.05, 0) is 96.3 Å². The fourth-order valence-electron chi connectivity index (χ4n) is 5.92. The van der Waals surface area contributed by atoms with E-state index in [-0.39, 0.29) is 19.4 Å². The third-order valence-corrected chi connectivity index (χ3v) is 9.77. The van der Waals surface area contributed by atoms with Gasteiger partial charge in [0.25, 0.3) is 0 Å². The Hall–Kier alpha value is -3.29. The van der Waals surface area contributed by atoms with E-state index in [0.29, 0.717) is 12.8 Å². The number of unbranched alkanes of at least 4 members (excludes halogenated alkanes) is 13. The number of phosphoric ester groups is 1. The molecule has 1 unspecified atom stereocenters. The van der Waals surface area contributed by atoms with Crippen LogP contribution in [-0.4, -0.2) is 41.0 Å². The van der Waals surface area contributed by atoms with Crippen molar-refractivity contribution in [1.82, 2.24) is 0 Å². The number of hydrogen-bond acceptors (Lipinski definition) is 6. The zero-order valence-electron chi connectivity index (χ0n) is 37.6. The second-order valence-corrected chi connectivity index (χ2v) is 16.2. The molecule has 340 valence electrons. The maximum absolute atomic E-state index is 12.4. The monoisotopic (exact) mass is 855 g/mol. The Bertz CT molecular complexity index is 1330. The largest absolute Gasteiger partial charge is 0.469 e. The van der Waals surface area contributed by atoms with Crippen LogP contribution in [0.15, 0.2) is 109 Å². The van der Waals surface area contributed by atoms with Crippen molar-refractivity contribution in [2.24, 2.45) is 0 Å². The highest BCUT2D eigenvalue weighted by Crippen LogP contribution is 2.36. The zero-order valence-corrected chi connectivity index (χ0v) is 38.5. The summed E-state index contributed by atoms with van der Waals surface area (Å²) < 4.78 is 26.4. The lowest BCUT2D eigenvalue weighted by molar-refractivity contribution is -0.161. The quantitative estimate of drug-likeness (QED) is 0.0270. The van der Waals surface area contributed by atoms with Crippen molar-refractivity contribution >= 4 is 19.8 Å². The van der Waals surface area contributed by atoms with Gasteiger partial charge in [0.1, 0.15) is 6.61 Å². The van der Waals surface area contributed by atoms with Crippen LogP contribution < -0.4 is 0 Å². The van der Waals surface area contributed by atoms with Gasteiger partial charge in [0.15, 0.2) is 6.10 Å². The minimum absolute atomic E-state index is 0.165. The lowest BCUT2D eigenvalue weighted by Gasteiger charge is -2.18. The molecule has 9 heteroatoms. The van der Waals surface area contributed by atoms with Gasteiger partial charge in [0, 0.05) is 12.8 Å². The van der Waals surface area contributed by atoms with Crippen LogP contribution in [0.2, 0.25) is 0 Å². The summed E-state index contributed by atoms with van der Waals surface area (Å²) in [6.45, 7) is 3.43. The first-order valence-electron chi connectivity index (χ1n) is 23.2. The van der Waals surface area contributed by atoms with E-state index in [0.717, 1.165) is 103 Å². The third kappa shape index (κ3) is 47.4. The normalized spacial score (nSPS) is 13.5. The minimum atomic E-state index is -4.78. The van der Waals surface area contributed by atoms with Crippen molar-refractivity contribution in [2.75, 3.05) is 13.2 Å². The van der Waals surface area contributed by atoms with Crippen LogP contribution in [0.5, 0.6) is 0 Å². The molecule has 0 radical (unpaired) electrons. The minimum Gasteiger partial charge on any atom is -0.462 e. The van der Waals surface area contributed by atoms with E-state index in [4.69, 9.17) is 19.3 Å². The molecule has 0 spiro atoms. The number of carbonyl (C=O) groups excluding carboxylic acids is 2. The van der Waals surface area contributed by atoms with Crippen LogP contribution >= 0.6 is 7.82 Å². The molecule has 2 N–H and O–H groups in total. The van der Waals surface area contributed by atoms with Crippen LogP contribution in [-0.2, 0) is 28.2 Å². The van der Waals surface area contributed by atoms with Gasteiger partial charge in [-0.2, -0.15) is 0 Å². The standard InChI is InChI=1S/C51H83O8P/c1-3-5-7-9-11-13-15-17-19-21-23-24-25-26-28-29-31-33-35-37-39-41-43-45-50(52)57-47-49(48-58-60(54,55)56)59-51(53)46-44-42-40-38-36-34-32-30-27-22-20-18-16-14-12-10-8-6-4-2/h5-8,11-14,17-20,23-24,27,30,34,36,49H,3-4,9-10,15-16,21-22,25-26,28-29,31-33,35,37-48H2,1-2H3,(H2,54,55,56)/b7-5-,8-6-,13-11-,14-12-,19-17-,20-18-,24-23-,30-27-,36-34-. The number of carbonyl (C=O) groups is 2. The van der Waals surface area contributed by atoms with Gasteiger partial charge in [-0.3, -0.25) is 14.1 Å². The Kier molecular flexibility index (Phi) is 42.8. The molecule has 0 bridgehead atoms. The summed E-state index contributed by atoms with van der Waals surface area (Å²) in [5, 5.41) is 0. The topological polar surface area (TPSA) is 119 Å². The number of rotatable bonds is 41. The SMILES string of the molecule is CC/C=C\C/C=C\C/C=C\C/C=C\C/C=C\CCCCCC(=O)OC(COC(=O)CCCCCCCCCCCC/C=C\C/C=C\C/C=C\C/C=C\CC)COP(=O)(O)O. The lowest BCUT2D eigenvalue weighted by atomic mass is 10.1. The summed E-state index contributed by atoms with van der Waals surface area (Å²) in [5.74, 6) is -0.936. The lowest BCUT2D eigenvalue weighted by Crippen LogP contribution is -2.29. The maximum Gasteiger partial charge on any atom is 0.469 e. The molecule has 8 nitrogen and oxygen atoms in total. The van der Waals surface area contributed by atoms with E-state index in [1.54, 1.807) is 0 Å². The fourth-order valence-corrected chi connectivity index (χ4v) is 6.28. The first kappa shape index (κ1) is 56.7. The first-order chi connectivity index (χ1) is 29.3. The molecular weight excluding hydrogens is 772 g/mol. The first-order valence-corrected chi connectivity index (χ1v) is 24.7. The molecule has 0 fully saturated rings. The van der Waals surface area contributed by atoms with Crippen LogP contribution in [0.4, 0.5) is 0 Å². The molecule has 0 rings (SSSR count). The van der Waals surface area contributed by atoms with Crippen LogP contribution in [0.3, 0.4) is 0 Å². The Morgan fingerprint density at radius 1 is 0.433 bits per heavy atom. The number of ether oxygens (including phenoxy) is 2. The van der Waals surface area contributed by atoms with E-state index in [1.807, 2.05) is 0 Å². The summed E-state index contributed by atoms with van der Waals surface area (Å²) in [5.41, 5.74) is 0. The van der Waals surface area contributed by atoms with Crippen LogP contribution in [0, 0.1) is 0 Å². The molecule has 0 aromatic rings. The molecule has 0 heterocycles. The number of phosphoric acid groups is 1. The average molecular weight is 855 g/mol. The van der Waals surface area contributed by atoms with E-state index >= 15 is 0 Å². The van der Waals surface area contributed by atoms with Gasteiger partial charge >= 0.3 is 19.8 Å². The van der Waals surface area contributed by atoms with Gasteiger partial charge in [-0.25, -0.2) is 4.57 Å². The molecule has 0 saturated carbocycles. The third-order valence-electron chi connectivity index (χ3n) is 9.29. The van der Waals surface area contributed by atoms with E-state index in [2.05, 4.69) is 128 Å². The summed E-state index contributed by atoms with van der Waals surface area (Å²) in [4.78, 5) is 43.0. The second-order valence-electron chi connectivity index (χ2n) is 15.0. The van der Waals surface area contributed by atoms with Gasteiger partial charge in [-0.15, -0.1) is 0 Å². The summed E-state index contributed by atoms with van der Waals surface area (Å²) in [6.07, 6.45) is 63.8. The van der Waals surface area contributed by atoms with Gasteiger partial charge in [0.05, 0.1) is 6.61 Å². The van der Waals surface area contributed by atoms with E-state index in [9.17, 15) is 14.2 Å². The van der Waals surface area contributed by atoms with Gasteiger partial charge in [0.2, 0.25) is 0 Å². The molecular formula is C51H83O8P. The van der Waals surface area contributed by atoms with Crippen molar-refractivity contribution in [3.8, 4) is 0 Å². The van der Waals surface area contributed by atoms with Gasteiger partial charge in [-0.1, -0.05) is 181 Å². The zero-order chi connectivity index (χ0) is 43.9. The Morgan fingerprint density at radius 2 is 0.750 bits per heavy atom. The van der Waals surface area contributed by atoms with Crippen LogP contribution in [0.1, 0.15) is 181 Å². The highest BCUT2D eigenvalue weighted by atomic mass is 31.2. The Labute approximate surface area is 366 Å². The molecule has 0 amide bonds. The highest BCUT2D eigenvalue weighted by Gasteiger charge is 2.22. The van der Waals surface area contributed by atoms with E-state index in [1.165, 1.54) is 38.5 Å². The van der Waals surface area contributed by atoms with Crippen molar-refractivity contribution < 1.29 is 37.9 Å². The smallest absolute Gasteiger partial charge is 0.462 e. The summed E-state index contributed by atoms with van der Waals surface area (Å²) >= 11 is 0. The second kappa shape index (κ2) is 45.2. The van der Waals surface area contributed by atoms with Crippen molar-refractivity contribution in [2.45, 2.75) is 187 Å². The molecule has 1 atom stereocenters. The number of esters is 2. The Morgan fingerprint density at radius 3 is 1.13 bits per heavy atom. The molecule has 0 aromatic carbocycles. The highest BCUT2D eigenvalue weighted by molar-refractivity contribution is 7.46. The predicted molar refractivity (Wildman–Crippen MR) is 252 cm³/mol. The molecule has 60 heavy (non-hydrogen) atoms. The fraction of sp³-hybridized carbons (Fsp3) is 0.608. The van der Waals surface area contributed by atoms with Crippen LogP contribution in [0.25, 0.3) is 0 Å². The summed E-state index contributed by atoms with van der Waals surface area (Å²) in [7, 11) is -4.78. The molecule has 0 aliphatic carbocycles. The average Bonchev–Trinajstić information content (AvgIpc) is 3.22. The molecule has 0 aliphatic heterocycles. The predicted octanol–water partition coefficient (Wildman–Crippen LogP) is 14.7. The van der Waals surface area contributed by atoms with Crippen molar-refractivity contribution in [1.29, 1.82) is 0 Å². The maximum atomic E-state index is 12.4. The molecule has 0 aromatic heterocycles. The number of hydrogen-bond donors (Lipinski definition) is 2. The van der Waals surface area contributed by atoms with Crippen molar-refractivity contribution in [3.63, 3.8) is 0 Å². The van der Waals surface area contributed by atoms with E-state index < -0.39 is 32.5 Å². The van der Waals surface area contributed by atoms with Gasteiger partial charge < -0.3 is 19.3 Å².